The Kier molecular flexibility index (Phi) is 7.87. The van der Waals surface area contributed by atoms with Crippen LogP contribution in [0.1, 0.15) is 60.2 Å². The summed E-state index contributed by atoms with van der Waals surface area (Å²) in [5.41, 5.74) is 4.23. The van der Waals surface area contributed by atoms with Crippen LogP contribution >= 0.6 is 0 Å². The molecule has 1 unspecified atom stereocenters. The van der Waals surface area contributed by atoms with Crippen molar-refractivity contribution in [1.82, 2.24) is 5.16 Å². The Morgan fingerprint density at radius 1 is 1.00 bits per heavy atom. The quantitative estimate of drug-likeness (QED) is 0.209. The van der Waals surface area contributed by atoms with E-state index in [1.807, 2.05) is 55.5 Å². The number of aliphatic hydroxyl groups is 1. The molecule has 3 aromatic carbocycles. The van der Waals surface area contributed by atoms with E-state index >= 15 is 0 Å². The Balaban J connectivity index is 1.27. The molecule has 1 aliphatic rings. The van der Waals surface area contributed by atoms with Crippen LogP contribution in [0.5, 0.6) is 0 Å². The molecule has 212 valence electrons. The van der Waals surface area contributed by atoms with Gasteiger partial charge in [-0.2, -0.15) is 13.2 Å². The lowest BCUT2D eigenvalue weighted by Crippen LogP contribution is -2.23. The summed E-state index contributed by atoms with van der Waals surface area (Å²) in [4.78, 5) is 12.4. The van der Waals surface area contributed by atoms with E-state index in [9.17, 15) is 23.1 Å². The molecular weight excluding hydrogens is 531 g/mol. The van der Waals surface area contributed by atoms with Crippen LogP contribution < -0.4 is 0 Å². The summed E-state index contributed by atoms with van der Waals surface area (Å²) in [7, 11) is 0. The van der Waals surface area contributed by atoms with Crippen LogP contribution in [0.2, 0.25) is 0 Å². The first-order valence-corrected chi connectivity index (χ1v) is 13.5. The molecule has 1 atom stereocenters. The van der Waals surface area contributed by atoms with Gasteiger partial charge < -0.3 is 14.4 Å². The maximum atomic E-state index is 12.8. The van der Waals surface area contributed by atoms with Gasteiger partial charge in [-0.25, -0.2) is 0 Å². The Morgan fingerprint density at radius 2 is 1.59 bits per heavy atom. The van der Waals surface area contributed by atoms with Gasteiger partial charge >= 0.3 is 12.1 Å². The SMILES string of the molecule is CCOC(=O)C1(c2ccc(-c3ccc(-c4onc(C)c4C(O)CC=Cc4ccc(C(F)(F)F)cc4)cc3)cc2)CC1. The Hall–Kier alpha value is -4.17. The molecule has 0 amide bonds. The molecule has 8 heteroatoms. The zero-order valence-electron chi connectivity index (χ0n) is 22.7. The van der Waals surface area contributed by atoms with Crippen molar-refractivity contribution >= 4 is 12.0 Å². The van der Waals surface area contributed by atoms with Crippen molar-refractivity contribution < 1.29 is 32.3 Å². The molecule has 5 nitrogen and oxygen atoms in total. The number of aromatic nitrogens is 1. The van der Waals surface area contributed by atoms with E-state index in [1.54, 1.807) is 19.1 Å². The number of halogens is 3. The van der Waals surface area contributed by atoms with Gasteiger partial charge in [0.1, 0.15) is 0 Å². The van der Waals surface area contributed by atoms with Crippen LogP contribution in [0, 0.1) is 6.92 Å². The summed E-state index contributed by atoms with van der Waals surface area (Å²) < 4.78 is 49.2. The van der Waals surface area contributed by atoms with Crippen LogP contribution in [-0.4, -0.2) is 22.8 Å². The van der Waals surface area contributed by atoms with Crippen molar-refractivity contribution in [3.63, 3.8) is 0 Å². The summed E-state index contributed by atoms with van der Waals surface area (Å²) in [6.07, 6.45) is -0.0794. The van der Waals surface area contributed by atoms with Gasteiger partial charge in [0, 0.05) is 5.56 Å². The lowest BCUT2D eigenvalue weighted by Gasteiger charge is -2.15. The van der Waals surface area contributed by atoms with Gasteiger partial charge in [0.15, 0.2) is 5.76 Å². The first kappa shape index (κ1) is 28.4. The number of carbonyl (C=O) groups excluding carboxylic acids is 1. The zero-order chi connectivity index (χ0) is 29.2. The fraction of sp³-hybridized carbons (Fsp3) is 0.273. The zero-order valence-corrected chi connectivity index (χ0v) is 22.7. The van der Waals surface area contributed by atoms with Crippen LogP contribution in [0.25, 0.3) is 28.5 Å². The highest BCUT2D eigenvalue weighted by Crippen LogP contribution is 2.49. The van der Waals surface area contributed by atoms with Crippen LogP contribution in [0.3, 0.4) is 0 Å². The molecule has 1 heterocycles. The van der Waals surface area contributed by atoms with Crippen molar-refractivity contribution in [2.45, 2.75) is 50.8 Å². The lowest BCUT2D eigenvalue weighted by atomic mass is 9.93. The minimum absolute atomic E-state index is 0.160. The largest absolute Gasteiger partial charge is 0.465 e. The molecule has 0 spiro atoms. The number of aliphatic hydroxyl groups excluding tert-OH is 1. The molecule has 0 aliphatic heterocycles. The second-order valence-electron chi connectivity index (χ2n) is 10.2. The molecule has 5 rings (SSSR count). The first-order valence-electron chi connectivity index (χ1n) is 13.5. The molecule has 1 fully saturated rings. The van der Waals surface area contributed by atoms with Gasteiger partial charge in [0.05, 0.1) is 34.9 Å². The minimum Gasteiger partial charge on any atom is -0.465 e. The van der Waals surface area contributed by atoms with Crippen molar-refractivity contribution in [3.05, 3.63) is 107 Å². The average molecular weight is 562 g/mol. The predicted octanol–water partition coefficient (Wildman–Crippen LogP) is 8.07. The standard InChI is InChI=1S/C33H30F3NO4/c1-3-40-31(39)32(19-20-32)26-17-13-24(14-18-26)23-9-11-25(12-10-23)30-29(21(2)37-41-30)28(38)6-4-5-22-7-15-27(16-8-22)33(34,35)36/h4-5,7-18,28,38H,3,6,19-20H2,1-2H3. The third-order valence-corrected chi connectivity index (χ3v) is 7.48. The van der Waals surface area contributed by atoms with Crippen LogP contribution in [0.4, 0.5) is 13.2 Å². The van der Waals surface area contributed by atoms with Crippen molar-refractivity contribution in [3.8, 4) is 22.5 Å². The monoisotopic (exact) mass is 561 g/mol. The lowest BCUT2D eigenvalue weighted by molar-refractivity contribution is -0.146. The molecule has 1 aliphatic carbocycles. The number of esters is 1. The third-order valence-electron chi connectivity index (χ3n) is 7.48. The van der Waals surface area contributed by atoms with Gasteiger partial charge in [-0.05, 0) is 67.5 Å². The van der Waals surface area contributed by atoms with Crippen LogP contribution in [0.15, 0.2) is 83.4 Å². The second-order valence-corrected chi connectivity index (χ2v) is 10.2. The smallest absolute Gasteiger partial charge is 0.416 e. The maximum Gasteiger partial charge on any atom is 0.416 e. The van der Waals surface area contributed by atoms with Gasteiger partial charge in [0.25, 0.3) is 0 Å². The number of ether oxygens (including phenoxy) is 1. The number of nitrogens with zero attached hydrogens (tertiary/aromatic N) is 1. The van der Waals surface area contributed by atoms with E-state index < -0.39 is 23.3 Å². The molecular formula is C33H30F3NO4. The number of rotatable bonds is 9. The number of benzene rings is 3. The van der Waals surface area contributed by atoms with E-state index in [0.717, 1.165) is 47.2 Å². The Morgan fingerprint density at radius 3 is 2.15 bits per heavy atom. The van der Waals surface area contributed by atoms with Crippen molar-refractivity contribution in [1.29, 1.82) is 0 Å². The Bertz CT molecular complexity index is 1530. The fourth-order valence-electron chi connectivity index (χ4n) is 5.01. The second kappa shape index (κ2) is 11.4. The highest BCUT2D eigenvalue weighted by molar-refractivity contribution is 5.87. The third kappa shape index (κ3) is 5.98. The fourth-order valence-corrected chi connectivity index (χ4v) is 5.01. The first-order chi connectivity index (χ1) is 19.6. The number of hydrogen-bond acceptors (Lipinski definition) is 5. The summed E-state index contributed by atoms with van der Waals surface area (Å²) >= 11 is 0. The van der Waals surface area contributed by atoms with Gasteiger partial charge in [-0.15, -0.1) is 0 Å². The topological polar surface area (TPSA) is 72.6 Å². The maximum absolute atomic E-state index is 12.8. The molecule has 1 N–H and O–H groups in total. The minimum atomic E-state index is -4.38. The van der Waals surface area contributed by atoms with E-state index in [4.69, 9.17) is 9.26 Å². The summed E-state index contributed by atoms with van der Waals surface area (Å²) in [5, 5.41) is 15.0. The van der Waals surface area contributed by atoms with Gasteiger partial charge in [-0.3, -0.25) is 4.79 Å². The average Bonchev–Trinajstić information content (AvgIpc) is 3.69. The summed E-state index contributed by atoms with van der Waals surface area (Å²) in [6, 6.07) is 20.5. The molecule has 4 aromatic rings. The van der Waals surface area contributed by atoms with Gasteiger partial charge in [0.2, 0.25) is 0 Å². The number of carbonyl (C=O) groups is 1. The highest BCUT2D eigenvalue weighted by atomic mass is 19.4. The highest BCUT2D eigenvalue weighted by Gasteiger charge is 2.52. The predicted molar refractivity (Wildman–Crippen MR) is 150 cm³/mol. The number of aryl methyl sites for hydroxylation is 1. The molecule has 0 radical (unpaired) electrons. The van der Waals surface area contributed by atoms with Gasteiger partial charge in [-0.1, -0.05) is 78.0 Å². The molecule has 41 heavy (non-hydrogen) atoms. The normalized spacial score (nSPS) is 15.2. The molecule has 0 bridgehead atoms. The molecule has 1 saturated carbocycles. The molecule has 1 aromatic heterocycles. The number of hydrogen-bond donors (Lipinski definition) is 1. The molecule has 0 saturated heterocycles. The van der Waals surface area contributed by atoms with E-state index in [0.29, 0.717) is 29.2 Å². The number of alkyl halides is 3. The van der Waals surface area contributed by atoms with Crippen LogP contribution in [-0.2, 0) is 21.1 Å². The van der Waals surface area contributed by atoms with E-state index in [-0.39, 0.29) is 12.4 Å². The van der Waals surface area contributed by atoms with E-state index in [1.165, 1.54) is 12.1 Å². The summed E-state index contributed by atoms with van der Waals surface area (Å²) in [5.74, 6) is 0.303. The van der Waals surface area contributed by atoms with E-state index in [2.05, 4.69) is 5.16 Å². The Labute approximate surface area is 236 Å². The summed E-state index contributed by atoms with van der Waals surface area (Å²) in [6.45, 7) is 3.94. The van der Waals surface area contributed by atoms with Crippen molar-refractivity contribution in [2.75, 3.05) is 6.61 Å². The van der Waals surface area contributed by atoms with Crippen molar-refractivity contribution in [2.24, 2.45) is 0 Å².